The zero-order valence-electron chi connectivity index (χ0n) is 16.1. The summed E-state index contributed by atoms with van der Waals surface area (Å²) in [5.74, 6) is 0. The Morgan fingerprint density at radius 1 is 1.04 bits per heavy atom. The third-order valence-electron chi connectivity index (χ3n) is 5.04. The average molecular weight is 386 g/mol. The van der Waals surface area contributed by atoms with Gasteiger partial charge in [-0.15, -0.1) is 0 Å². The Kier molecular flexibility index (Phi) is 6.29. The van der Waals surface area contributed by atoms with Crippen molar-refractivity contribution in [3.63, 3.8) is 0 Å². The molecule has 6 heteroatoms. The van der Waals surface area contributed by atoms with E-state index in [1.165, 1.54) is 5.56 Å². The first-order chi connectivity index (χ1) is 12.9. The number of hydrogen-bond acceptors (Lipinski definition) is 3. The van der Waals surface area contributed by atoms with Crippen molar-refractivity contribution in [1.29, 1.82) is 0 Å². The van der Waals surface area contributed by atoms with Gasteiger partial charge in [0.25, 0.3) is 0 Å². The largest absolute Gasteiger partial charge is 0.322 e. The predicted octanol–water partition coefficient (Wildman–Crippen LogP) is 3.55. The standard InChI is InChI=1S/C21H27N3O2S/c1-16-14-24(17(2)13-23(16)15-18-7-5-4-6-8-18)21(25)22-19-9-11-20(12-10-19)27(3)26/h4-12,16-17H,13-15H2,1-3H3,(H,22,25)/t16-,17+,27+/m1/s1. The number of carbonyl (C=O) groups excluding carboxylic acids is 1. The minimum absolute atomic E-state index is 0.0842. The number of nitrogens with one attached hydrogen (secondary N) is 1. The minimum atomic E-state index is -1.01. The highest BCUT2D eigenvalue weighted by molar-refractivity contribution is 7.84. The fourth-order valence-corrected chi connectivity index (χ4v) is 3.96. The molecule has 2 aromatic rings. The molecule has 1 fully saturated rings. The van der Waals surface area contributed by atoms with Crippen molar-refractivity contribution >= 4 is 22.5 Å². The van der Waals surface area contributed by atoms with Crippen LogP contribution in [0.5, 0.6) is 0 Å². The lowest BCUT2D eigenvalue weighted by molar-refractivity contribution is 0.0627. The molecule has 0 aromatic heterocycles. The molecule has 2 amide bonds. The Bertz CT molecular complexity index is 795. The van der Waals surface area contributed by atoms with Crippen LogP contribution in [0.3, 0.4) is 0 Å². The summed E-state index contributed by atoms with van der Waals surface area (Å²) in [6, 6.07) is 17.9. The molecule has 3 atom stereocenters. The van der Waals surface area contributed by atoms with Gasteiger partial charge in [0.15, 0.2) is 0 Å². The summed E-state index contributed by atoms with van der Waals surface area (Å²) in [5, 5.41) is 2.96. The first-order valence-electron chi connectivity index (χ1n) is 9.23. The summed E-state index contributed by atoms with van der Waals surface area (Å²) in [4.78, 5) is 17.8. The lowest BCUT2D eigenvalue weighted by atomic mass is 10.1. The van der Waals surface area contributed by atoms with Gasteiger partial charge in [0.1, 0.15) is 0 Å². The number of hydrogen-bond donors (Lipinski definition) is 1. The lowest BCUT2D eigenvalue weighted by Crippen LogP contribution is -2.58. The van der Waals surface area contributed by atoms with Gasteiger partial charge in [-0.05, 0) is 43.7 Å². The Balaban J connectivity index is 1.60. The third-order valence-corrected chi connectivity index (χ3v) is 5.98. The molecule has 0 bridgehead atoms. The van der Waals surface area contributed by atoms with Crippen LogP contribution in [0, 0.1) is 0 Å². The van der Waals surface area contributed by atoms with Gasteiger partial charge in [-0.3, -0.25) is 9.11 Å². The summed E-state index contributed by atoms with van der Waals surface area (Å²) >= 11 is 0. The van der Waals surface area contributed by atoms with E-state index in [1.54, 1.807) is 30.5 Å². The molecule has 0 aliphatic carbocycles. The van der Waals surface area contributed by atoms with Crippen LogP contribution in [0.15, 0.2) is 59.5 Å². The van der Waals surface area contributed by atoms with Crippen LogP contribution >= 0.6 is 0 Å². The molecule has 27 heavy (non-hydrogen) atoms. The van der Waals surface area contributed by atoms with Gasteiger partial charge in [0.2, 0.25) is 0 Å². The molecule has 0 saturated carbocycles. The molecule has 5 nitrogen and oxygen atoms in total. The number of carbonyl (C=O) groups is 1. The van der Waals surface area contributed by atoms with E-state index >= 15 is 0 Å². The minimum Gasteiger partial charge on any atom is -0.319 e. The van der Waals surface area contributed by atoms with Gasteiger partial charge in [0, 0.05) is 59.4 Å². The third kappa shape index (κ3) is 4.96. The van der Waals surface area contributed by atoms with Crippen LogP contribution in [0.1, 0.15) is 19.4 Å². The molecular formula is C21H27N3O2S. The number of urea groups is 1. The number of rotatable bonds is 4. The number of amides is 2. The fourth-order valence-electron chi connectivity index (χ4n) is 3.44. The molecule has 0 unspecified atom stereocenters. The van der Waals surface area contributed by atoms with Gasteiger partial charge >= 0.3 is 6.03 Å². The molecule has 1 heterocycles. The van der Waals surface area contributed by atoms with Crippen molar-refractivity contribution in [2.24, 2.45) is 0 Å². The van der Waals surface area contributed by atoms with E-state index in [1.807, 2.05) is 11.0 Å². The summed E-state index contributed by atoms with van der Waals surface area (Å²) in [6.07, 6.45) is 1.64. The Morgan fingerprint density at radius 2 is 1.70 bits per heavy atom. The summed E-state index contributed by atoms with van der Waals surface area (Å²) in [5.41, 5.74) is 2.02. The van der Waals surface area contributed by atoms with Crippen molar-refractivity contribution in [3.8, 4) is 0 Å². The van der Waals surface area contributed by atoms with Crippen molar-refractivity contribution in [2.45, 2.75) is 37.4 Å². The van der Waals surface area contributed by atoms with Crippen LogP contribution in [0.2, 0.25) is 0 Å². The van der Waals surface area contributed by atoms with Crippen LogP contribution in [-0.2, 0) is 17.3 Å². The topological polar surface area (TPSA) is 52.7 Å². The van der Waals surface area contributed by atoms with E-state index in [4.69, 9.17) is 0 Å². The molecule has 1 N–H and O–H groups in total. The first kappa shape index (κ1) is 19.6. The maximum atomic E-state index is 12.7. The van der Waals surface area contributed by atoms with Crippen LogP contribution < -0.4 is 5.32 Å². The quantitative estimate of drug-likeness (QED) is 0.876. The average Bonchev–Trinajstić information content (AvgIpc) is 2.65. The van der Waals surface area contributed by atoms with Crippen LogP contribution in [-0.4, -0.2) is 51.5 Å². The van der Waals surface area contributed by atoms with Crippen molar-refractivity contribution in [1.82, 2.24) is 9.80 Å². The predicted molar refractivity (Wildman–Crippen MR) is 110 cm³/mol. The second-order valence-corrected chi connectivity index (χ2v) is 8.55. The first-order valence-corrected chi connectivity index (χ1v) is 10.8. The second-order valence-electron chi connectivity index (χ2n) is 7.17. The second kappa shape index (κ2) is 8.67. The molecule has 1 aliphatic rings. The molecule has 144 valence electrons. The lowest BCUT2D eigenvalue weighted by Gasteiger charge is -2.44. The van der Waals surface area contributed by atoms with Gasteiger partial charge in [-0.25, -0.2) is 4.79 Å². The van der Waals surface area contributed by atoms with Gasteiger partial charge in [0.05, 0.1) is 0 Å². The smallest absolute Gasteiger partial charge is 0.319 e. The van der Waals surface area contributed by atoms with Crippen LogP contribution in [0.4, 0.5) is 10.5 Å². The SMILES string of the molecule is C[C@@H]1CN(C(=O)Nc2ccc([S@](C)=O)cc2)[C@@H](C)CN1Cc1ccccc1. The zero-order valence-corrected chi connectivity index (χ0v) is 16.9. The highest BCUT2D eigenvalue weighted by Gasteiger charge is 2.31. The van der Waals surface area contributed by atoms with Gasteiger partial charge in [-0.1, -0.05) is 30.3 Å². The molecular weight excluding hydrogens is 358 g/mol. The molecule has 2 aromatic carbocycles. The van der Waals surface area contributed by atoms with Crippen molar-refractivity contribution < 1.29 is 9.00 Å². The van der Waals surface area contributed by atoms with Crippen molar-refractivity contribution in [3.05, 3.63) is 60.2 Å². The fraction of sp³-hybridized carbons (Fsp3) is 0.381. The summed E-state index contributed by atoms with van der Waals surface area (Å²) in [6.45, 7) is 6.69. The maximum Gasteiger partial charge on any atom is 0.322 e. The number of nitrogens with zero attached hydrogens (tertiary/aromatic N) is 2. The van der Waals surface area contributed by atoms with E-state index in [0.717, 1.165) is 23.7 Å². The van der Waals surface area contributed by atoms with E-state index in [9.17, 15) is 9.00 Å². The highest BCUT2D eigenvalue weighted by Crippen LogP contribution is 2.20. The van der Waals surface area contributed by atoms with Crippen LogP contribution in [0.25, 0.3) is 0 Å². The van der Waals surface area contributed by atoms with E-state index < -0.39 is 10.8 Å². The monoisotopic (exact) mass is 385 g/mol. The molecule has 3 rings (SSSR count). The number of piperazine rings is 1. The summed E-state index contributed by atoms with van der Waals surface area (Å²) in [7, 11) is -1.01. The van der Waals surface area contributed by atoms with Gasteiger partial charge < -0.3 is 10.2 Å². The Morgan fingerprint density at radius 3 is 2.33 bits per heavy atom. The number of benzene rings is 2. The van der Waals surface area contributed by atoms with E-state index in [0.29, 0.717) is 6.54 Å². The molecule has 1 saturated heterocycles. The molecule has 0 spiro atoms. The van der Waals surface area contributed by atoms with Crippen molar-refractivity contribution in [2.75, 3.05) is 24.7 Å². The normalized spacial score (nSPS) is 21.7. The van der Waals surface area contributed by atoms with E-state index in [2.05, 4.69) is 48.3 Å². The molecule has 0 radical (unpaired) electrons. The van der Waals surface area contributed by atoms with Gasteiger partial charge in [-0.2, -0.15) is 0 Å². The molecule has 1 aliphatic heterocycles. The summed E-state index contributed by atoms with van der Waals surface area (Å²) < 4.78 is 11.5. The Labute approximate surface area is 163 Å². The maximum absolute atomic E-state index is 12.7. The number of anilines is 1. The highest BCUT2D eigenvalue weighted by atomic mass is 32.2. The Hall–Kier alpha value is -2.18. The van der Waals surface area contributed by atoms with E-state index in [-0.39, 0.29) is 18.1 Å². The zero-order chi connectivity index (χ0) is 19.4.